The molecule has 0 heterocycles. The van der Waals surface area contributed by atoms with E-state index in [2.05, 4.69) is 11.4 Å². The second-order valence-corrected chi connectivity index (χ2v) is 5.84. The van der Waals surface area contributed by atoms with Crippen molar-refractivity contribution in [1.29, 1.82) is 5.26 Å². The van der Waals surface area contributed by atoms with E-state index >= 15 is 0 Å². The van der Waals surface area contributed by atoms with Crippen molar-refractivity contribution in [3.63, 3.8) is 0 Å². The lowest BCUT2D eigenvalue weighted by molar-refractivity contribution is 0.0940. The van der Waals surface area contributed by atoms with Gasteiger partial charge in [0.25, 0.3) is 5.91 Å². The summed E-state index contributed by atoms with van der Waals surface area (Å²) in [5, 5.41) is 11.8. The number of rotatable bonds is 6. The van der Waals surface area contributed by atoms with Crippen molar-refractivity contribution in [2.45, 2.75) is 12.5 Å². The second-order valence-electron chi connectivity index (χ2n) is 4.93. The van der Waals surface area contributed by atoms with Gasteiger partial charge in [-0.05, 0) is 29.5 Å². The van der Waals surface area contributed by atoms with Gasteiger partial charge in [0, 0.05) is 11.3 Å². The van der Waals surface area contributed by atoms with Gasteiger partial charge >= 0.3 is 0 Å². The Balaban J connectivity index is 2.15. The van der Waals surface area contributed by atoms with Gasteiger partial charge in [-0.2, -0.15) is 17.0 Å². The molecule has 0 bridgehead atoms. The first-order valence-electron chi connectivity index (χ1n) is 7.05. The number of nitrogens with one attached hydrogen (secondary N) is 1. The molecule has 112 valence electrons. The lowest BCUT2D eigenvalue weighted by Crippen LogP contribution is -2.30. The quantitative estimate of drug-likeness (QED) is 0.887. The van der Waals surface area contributed by atoms with Gasteiger partial charge in [0.1, 0.15) is 0 Å². The van der Waals surface area contributed by atoms with Gasteiger partial charge in [0.2, 0.25) is 0 Å². The van der Waals surface area contributed by atoms with Crippen molar-refractivity contribution in [1.82, 2.24) is 5.32 Å². The fraction of sp³-hybridized carbons (Fsp3) is 0.222. The molecule has 0 fully saturated rings. The van der Waals surface area contributed by atoms with Gasteiger partial charge in [-0.15, -0.1) is 0 Å². The average molecular weight is 310 g/mol. The predicted molar refractivity (Wildman–Crippen MR) is 90.8 cm³/mol. The van der Waals surface area contributed by atoms with Gasteiger partial charge in [0.05, 0.1) is 18.5 Å². The number of amides is 1. The monoisotopic (exact) mass is 310 g/mol. The molecule has 0 radical (unpaired) electrons. The van der Waals surface area contributed by atoms with Crippen LogP contribution in [0.5, 0.6) is 0 Å². The summed E-state index contributed by atoms with van der Waals surface area (Å²) in [5.41, 5.74) is 2.55. The Morgan fingerprint density at radius 3 is 2.68 bits per heavy atom. The summed E-state index contributed by atoms with van der Waals surface area (Å²) in [4.78, 5) is 12.5. The zero-order valence-electron chi connectivity index (χ0n) is 12.5. The molecule has 0 aromatic heterocycles. The van der Waals surface area contributed by atoms with E-state index in [1.54, 1.807) is 23.9 Å². The van der Waals surface area contributed by atoms with Crippen LogP contribution in [0.25, 0.3) is 0 Å². The Hall–Kier alpha value is -2.25. The highest BCUT2D eigenvalue weighted by Gasteiger charge is 2.15. The van der Waals surface area contributed by atoms with Gasteiger partial charge in [-0.1, -0.05) is 42.5 Å². The molecule has 0 aliphatic rings. The highest BCUT2D eigenvalue weighted by atomic mass is 32.2. The van der Waals surface area contributed by atoms with E-state index in [-0.39, 0.29) is 11.9 Å². The molecular weight excluding hydrogens is 292 g/mol. The van der Waals surface area contributed by atoms with Crippen molar-refractivity contribution in [3.8, 4) is 6.07 Å². The van der Waals surface area contributed by atoms with Crippen LogP contribution in [-0.2, 0) is 6.42 Å². The van der Waals surface area contributed by atoms with E-state index in [1.165, 1.54) is 0 Å². The van der Waals surface area contributed by atoms with Crippen LogP contribution in [-0.4, -0.2) is 17.9 Å². The maximum atomic E-state index is 12.5. The molecule has 0 aliphatic carbocycles. The topological polar surface area (TPSA) is 52.9 Å². The summed E-state index contributed by atoms with van der Waals surface area (Å²) in [5.74, 6) is 0.705. The molecule has 1 amide bonds. The minimum Gasteiger partial charge on any atom is -0.344 e. The summed E-state index contributed by atoms with van der Waals surface area (Å²) >= 11 is 1.70. The number of nitriles is 1. The largest absolute Gasteiger partial charge is 0.344 e. The second kappa shape index (κ2) is 8.26. The molecule has 1 atom stereocenters. The molecule has 3 nitrogen and oxygen atoms in total. The van der Waals surface area contributed by atoms with Gasteiger partial charge in [-0.3, -0.25) is 4.79 Å². The van der Waals surface area contributed by atoms with E-state index in [0.29, 0.717) is 12.0 Å². The number of hydrogen-bond donors (Lipinski definition) is 1. The fourth-order valence-electron chi connectivity index (χ4n) is 2.23. The highest BCUT2D eigenvalue weighted by molar-refractivity contribution is 7.98. The summed E-state index contributed by atoms with van der Waals surface area (Å²) in [6.45, 7) is 0. The number of thioether (sulfide) groups is 1. The van der Waals surface area contributed by atoms with Crippen molar-refractivity contribution in [2.75, 3.05) is 12.0 Å². The van der Waals surface area contributed by atoms with E-state index < -0.39 is 0 Å². The zero-order chi connectivity index (χ0) is 15.8. The van der Waals surface area contributed by atoms with E-state index in [1.807, 2.05) is 48.7 Å². The van der Waals surface area contributed by atoms with Crippen molar-refractivity contribution >= 4 is 17.7 Å². The molecule has 0 aliphatic heterocycles. The minimum atomic E-state index is -0.109. The Bertz CT molecular complexity index is 664. The molecule has 2 rings (SSSR count). The molecule has 2 aromatic rings. The van der Waals surface area contributed by atoms with Crippen molar-refractivity contribution in [2.24, 2.45) is 0 Å². The van der Waals surface area contributed by atoms with Crippen LogP contribution >= 0.6 is 11.8 Å². The van der Waals surface area contributed by atoms with E-state index in [0.717, 1.165) is 16.9 Å². The zero-order valence-corrected chi connectivity index (χ0v) is 13.3. The van der Waals surface area contributed by atoms with E-state index in [4.69, 9.17) is 5.26 Å². The summed E-state index contributed by atoms with van der Waals surface area (Å²) in [6, 6.07) is 19.3. The molecule has 4 heteroatoms. The highest BCUT2D eigenvalue weighted by Crippen LogP contribution is 2.18. The molecule has 0 unspecified atom stereocenters. The Morgan fingerprint density at radius 2 is 2.00 bits per heavy atom. The first-order valence-corrected chi connectivity index (χ1v) is 8.44. The SMILES string of the molecule is CSC[C@H](NC(=O)c1cccc(CC#N)c1)c1ccccc1. The van der Waals surface area contributed by atoms with Gasteiger partial charge in [-0.25, -0.2) is 0 Å². The van der Waals surface area contributed by atoms with Crippen LogP contribution in [0.15, 0.2) is 54.6 Å². The lowest BCUT2D eigenvalue weighted by atomic mass is 10.1. The predicted octanol–water partition coefficient (Wildman–Crippen LogP) is 3.59. The fourth-order valence-corrected chi connectivity index (χ4v) is 2.84. The van der Waals surface area contributed by atoms with Crippen molar-refractivity contribution < 1.29 is 4.79 Å². The minimum absolute atomic E-state index is 0.0247. The number of carbonyl (C=O) groups is 1. The van der Waals surface area contributed by atoms with Crippen LogP contribution < -0.4 is 5.32 Å². The summed E-state index contributed by atoms with van der Waals surface area (Å²) < 4.78 is 0. The van der Waals surface area contributed by atoms with E-state index in [9.17, 15) is 4.79 Å². The summed E-state index contributed by atoms with van der Waals surface area (Å²) in [7, 11) is 0. The summed E-state index contributed by atoms with van der Waals surface area (Å²) in [6.07, 6.45) is 2.34. The molecule has 0 saturated carbocycles. The van der Waals surface area contributed by atoms with Crippen molar-refractivity contribution in [3.05, 3.63) is 71.3 Å². The lowest BCUT2D eigenvalue weighted by Gasteiger charge is -2.18. The Morgan fingerprint density at radius 1 is 1.23 bits per heavy atom. The van der Waals surface area contributed by atoms with Crippen LogP contribution in [0.3, 0.4) is 0 Å². The third-order valence-electron chi connectivity index (χ3n) is 3.31. The normalized spacial score (nSPS) is 11.5. The van der Waals surface area contributed by atoms with Crippen LogP contribution in [0.1, 0.15) is 27.5 Å². The third-order valence-corrected chi connectivity index (χ3v) is 3.98. The third kappa shape index (κ3) is 4.37. The van der Waals surface area contributed by atoms with Crippen LogP contribution in [0.2, 0.25) is 0 Å². The molecular formula is C18H18N2OS. The Kier molecular flexibility index (Phi) is 6.05. The standard InChI is InChI=1S/C18H18N2OS/c1-22-13-17(15-7-3-2-4-8-15)20-18(21)16-9-5-6-14(12-16)10-11-19/h2-9,12,17H,10,13H2,1H3,(H,20,21)/t17-/m0/s1. The van der Waals surface area contributed by atoms with Gasteiger partial charge < -0.3 is 5.32 Å². The maximum Gasteiger partial charge on any atom is 0.251 e. The molecule has 22 heavy (non-hydrogen) atoms. The maximum absolute atomic E-state index is 12.5. The number of benzene rings is 2. The number of carbonyl (C=O) groups excluding carboxylic acids is 1. The average Bonchev–Trinajstić information content (AvgIpc) is 2.56. The molecule has 1 N–H and O–H groups in total. The first kappa shape index (κ1) is 16.1. The molecule has 0 spiro atoms. The smallest absolute Gasteiger partial charge is 0.251 e. The van der Waals surface area contributed by atoms with Gasteiger partial charge in [0.15, 0.2) is 0 Å². The Labute approximate surface area is 135 Å². The van der Waals surface area contributed by atoms with Crippen LogP contribution in [0, 0.1) is 11.3 Å². The van der Waals surface area contributed by atoms with Crippen LogP contribution in [0.4, 0.5) is 0 Å². The molecule has 2 aromatic carbocycles. The number of nitrogens with zero attached hydrogens (tertiary/aromatic N) is 1. The number of hydrogen-bond acceptors (Lipinski definition) is 3. The molecule has 0 saturated heterocycles. The first-order chi connectivity index (χ1) is 10.7.